The van der Waals surface area contributed by atoms with Crippen LogP contribution in [0.1, 0.15) is 0 Å². The average molecular weight is 274 g/mol. The second kappa shape index (κ2) is 3.62. The third-order valence-electron chi connectivity index (χ3n) is 3.89. The van der Waals surface area contributed by atoms with E-state index in [-0.39, 0.29) is 0 Å². The fourth-order valence-corrected chi connectivity index (χ4v) is 4.10. The molecule has 0 saturated carbocycles. The Bertz CT molecular complexity index is 1100. The van der Waals surface area contributed by atoms with Gasteiger partial charge in [0.05, 0.1) is 0 Å². The molecule has 20 heavy (non-hydrogen) atoms. The Balaban J connectivity index is 2.14. The first-order chi connectivity index (χ1) is 9.92. The first-order valence-corrected chi connectivity index (χ1v) is 7.45. The van der Waals surface area contributed by atoms with E-state index in [1.807, 2.05) is 23.5 Å². The van der Waals surface area contributed by atoms with Crippen LogP contribution in [0.3, 0.4) is 0 Å². The monoisotopic (exact) mass is 274 g/mol. The highest BCUT2D eigenvalue weighted by atomic mass is 32.1. The Labute approximate surface area is 119 Å². The largest absolute Gasteiger partial charge is 0.455 e. The van der Waals surface area contributed by atoms with Crippen LogP contribution in [0.2, 0.25) is 0 Å². The lowest BCUT2D eigenvalue weighted by atomic mass is 10.1. The number of hydrogen-bond acceptors (Lipinski definition) is 2. The Morgan fingerprint density at radius 2 is 1.45 bits per heavy atom. The van der Waals surface area contributed by atoms with Gasteiger partial charge in [0.25, 0.3) is 0 Å². The normalized spacial score (nSPS) is 12.0. The molecule has 5 rings (SSSR count). The quantitative estimate of drug-likeness (QED) is 0.340. The molecule has 0 radical (unpaired) electrons. The van der Waals surface area contributed by atoms with Crippen LogP contribution < -0.4 is 0 Å². The van der Waals surface area contributed by atoms with Crippen molar-refractivity contribution in [3.05, 3.63) is 60.7 Å². The van der Waals surface area contributed by atoms with E-state index in [4.69, 9.17) is 4.42 Å². The summed E-state index contributed by atoms with van der Waals surface area (Å²) >= 11 is 1.83. The van der Waals surface area contributed by atoms with Gasteiger partial charge in [-0.1, -0.05) is 36.4 Å². The van der Waals surface area contributed by atoms with Gasteiger partial charge in [0.15, 0.2) is 0 Å². The number of para-hydroxylation sites is 1. The summed E-state index contributed by atoms with van der Waals surface area (Å²) in [5.41, 5.74) is 1.98. The number of fused-ring (bicyclic) bond motifs is 7. The summed E-state index contributed by atoms with van der Waals surface area (Å²) in [6, 6.07) is 21.2. The first kappa shape index (κ1) is 10.5. The minimum absolute atomic E-state index is 0.963. The number of thiophene rings is 1. The molecule has 0 bridgehead atoms. The van der Waals surface area contributed by atoms with Crippen molar-refractivity contribution in [2.24, 2.45) is 0 Å². The third-order valence-corrected chi connectivity index (χ3v) is 5.02. The molecular weight excluding hydrogens is 264 g/mol. The molecule has 2 heteroatoms. The van der Waals surface area contributed by atoms with Gasteiger partial charge < -0.3 is 4.42 Å². The van der Waals surface area contributed by atoms with Crippen LogP contribution >= 0.6 is 11.3 Å². The molecule has 0 saturated heterocycles. The molecule has 0 unspecified atom stereocenters. The van der Waals surface area contributed by atoms with Gasteiger partial charge in [-0.3, -0.25) is 0 Å². The summed E-state index contributed by atoms with van der Waals surface area (Å²) in [5.74, 6) is 0. The molecule has 94 valence electrons. The van der Waals surface area contributed by atoms with E-state index in [1.165, 1.54) is 30.9 Å². The zero-order chi connectivity index (χ0) is 13.1. The summed E-state index contributed by atoms with van der Waals surface area (Å²) in [6.45, 7) is 0. The molecule has 0 atom stereocenters. The fraction of sp³-hybridized carbons (Fsp3) is 0. The minimum Gasteiger partial charge on any atom is -0.455 e. The van der Waals surface area contributed by atoms with E-state index in [2.05, 4.69) is 48.5 Å². The highest BCUT2D eigenvalue weighted by molar-refractivity contribution is 7.26. The molecule has 3 aromatic carbocycles. The number of hydrogen-bond donors (Lipinski definition) is 0. The summed E-state index contributed by atoms with van der Waals surface area (Å²) in [7, 11) is 0. The molecule has 5 aromatic rings. The van der Waals surface area contributed by atoms with Crippen molar-refractivity contribution >= 4 is 53.4 Å². The average Bonchev–Trinajstić information content (AvgIpc) is 3.04. The van der Waals surface area contributed by atoms with Crippen LogP contribution in [0.25, 0.3) is 42.1 Å². The summed E-state index contributed by atoms with van der Waals surface area (Å²) in [5, 5.41) is 4.94. The Morgan fingerprint density at radius 1 is 0.650 bits per heavy atom. The minimum atomic E-state index is 0.963. The van der Waals surface area contributed by atoms with Crippen LogP contribution in [0.5, 0.6) is 0 Å². The predicted octanol–water partition coefficient (Wildman–Crippen LogP) is 5.95. The maximum atomic E-state index is 6.14. The van der Waals surface area contributed by atoms with E-state index in [1.54, 1.807) is 0 Å². The summed E-state index contributed by atoms with van der Waals surface area (Å²) in [6.07, 6.45) is 0. The maximum absolute atomic E-state index is 6.14. The lowest BCUT2D eigenvalue weighted by molar-refractivity contribution is 0.673. The predicted molar refractivity (Wildman–Crippen MR) is 86.6 cm³/mol. The van der Waals surface area contributed by atoms with Gasteiger partial charge in [-0.2, -0.15) is 0 Å². The highest BCUT2D eigenvalue weighted by Crippen LogP contribution is 2.41. The second-order valence-electron chi connectivity index (χ2n) is 5.01. The first-order valence-electron chi connectivity index (χ1n) is 6.63. The van der Waals surface area contributed by atoms with Gasteiger partial charge in [0.1, 0.15) is 11.2 Å². The Hall–Kier alpha value is -2.32. The van der Waals surface area contributed by atoms with Crippen molar-refractivity contribution in [1.82, 2.24) is 0 Å². The Kier molecular flexibility index (Phi) is 1.89. The zero-order valence-corrected chi connectivity index (χ0v) is 11.4. The molecule has 0 spiro atoms. The van der Waals surface area contributed by atoms with Crippen LogP contribution in [-0.2, 0) is 0 Å². The second-order valence-corrected chi connectivity index (χ2v) is 6.10. The van der Waals surface area contributed by atoms with E-state index in [0.717, 1.165) is 11.2 Å². The summed E-state index contributed by atoms with van der Waals surface area (Å²) in [4.78, 5) is 0. The van der Waals surface area contributed by atoms with E-state index >= 15 is 0 Å². The molecule has 0 aliphatic carbocycles. The number of benzene rings is 3. The van der Waals surface area contributed by atoms with Crippen molar-refractivity contribution in [3.63, 3.8) is 0 Å². The maximum Gasteiger partial charge on any atom is 0.144 e. The van der Waals surface area contributed by atoms with Crippen molar-refractivity contribution < 1.29 is 4.42 Å². The molecular formula is C18H10OS. The molecule has 0 aliphatic heterocycles. The van der Waals surface area contributed by atoms with Crippen LogP contribution in [0, 0.1) is 0 Å². The van der Waals surface area contributed by atoms with Crippen LogP contribution in [0.4, 0.5) is 0 Å². The van der Waals surface area contributed by atoms with E-state index in [0.29, 0.717) is 0 Å². The molecule has 1 nitrogen and oxygen atoms in total. The topological polar surface area (TPSA) is 13.1 Å². The van der Waals surface area contributed by atoms with Crippen molar-refractivity contribution in [2.45, 2.75) is 0 Å². The van der Waals surface area contributed by atoms with Gasteiger partial charge in [0, 0.05) is 30.9 Å². The smallest absolute Gasteiger partial charge is 0.144 e. The molecule has 2 aromatic heterocycles. The third kappa shape index (κ3) is 1.22. The van der Waals surface area contributed by atoms with Gasteiger partial charge in [0.2, 0.25) is 0 Å². The molecule has 0 aliphatic rings. The zero-order valence-electron chi connectivity index (χ0n) is 10.6. The number of rotatable bonds is 0. The molecule has 0 amide bonds. The van der Waals surface area contributed by atoms with Gasteiger partial charge in [-0.25, -0.2) is 0 Å². The molecule has 2 heterocycles. The van der Waals surface area contributed by atoms with Crippen molar-refractivity contribution in [3.8, 4) is 0 Å². The van der Waals surface area contributed by atoms with Gasteiger partial charge in [-0.15, -0.1) is 11.3 Å². The van der Waals surface area contributed by atoms with Gasteiger partial charge in [-0.05, 0) is 24.3 Å². The molecule has 0 N–H and O–H groups in total. The fourth-order valence-electron chi connectivity index (χ4n) is 2.99. The van der Waals surface area contributed by atoms with Crippen LogP contribution in [-0.4, -0.2) is 0 Å². The van der Waals surface area contributed by atoms with Crippen molar-refractivity contribution in [2.75, 3.05) is 0 Å². The highest BCUT2D eigenvalue weighted by Gasteiger charge is 2.13. The van der Waals surface area contributed by atoms with Crippen LogP contribution in [0.15, 0.2) is 65.1 Å². The van der Waals surface area contributed by atoms with Crippen molar-refractivity contribution in [1.29, 1.82) is 0 Å². The van der Waals surface area contributed by atoms with E-state index < -0.39 is 0 Å². The van der Waals surface area contributed by atoms with Gasteiger partial charge >= 0.3 is 0 Å². The lowest BCUT2D eigenvalue weighted by Crippen LogP contribution is -1.68. The number of furan rings is 1. The SMILES string of the molecule is c1ccc2c(c1)oc1c2ccc2sc3ccccc3c21. The standard InChI is InChI=1S/C18H10OS/c1-3-7-14-11(5-1)12-9-10-16-17(18(12)19-14)13-6-2-4-8-15(13)20-16/h1-10H. The Morgan fingerprint density at radius 3 is 2.40 bits per heavy atom. The molecule has 0 fully saturated rings. The van der Waals surface area contributed by atoms with E-state index in [9.17, 15) is 0 Å². The lowest BCUT2D eigenvalue weighted by Gasteiger charge is -1.93. The summed E-state index contributed by atoms with van der Waals surface area (Å²) < 4.78 is 8.74.